The molecule has 0 aromatic rings. The monoisotopic (exact) mass is 207 g/mol. The largest absolute Gasteiger partial charge is 0.479 e. The number of carboxylic acids is 2. The van der Waals surface area contributed by atoms with Crippen LogP contribution >= 0.6 is 11.8 Å². The summed E-state index contributed by atoms with van der Waals surface area (Å²) >= 11 is 1.02. The lowest BCUT2D eigenvalue weighted by Gasteiger charge is -2.16. The number of hydrogen-bond acceptors (Lipinski definition) is 5. The number of rotatable bonds is 5. The van der Waals surface area contributed by atoms with Gasteiger partial charge >= 0.3 is 11.9 Å². The maximum absolute atomic E-state index is 11.0. The number of hydrogen-bond donors (Lipinski definition) is 3. The van der Waals surface area contributed by atoms with Gasteiger partial charge in [0, 0.05) is 0 Å². The molecule has 7 heteroatoms. The van der Waals surface area contributed by atoms with Crippen LogP contribution in [-0.4, -0.2) is 45.5 Å². The van der Waals surface area contributed by atoms with E-state index in [2.05, 4.69) is 0 Å². The number of aliphatic carboxylic acids is 2. The Balaban J connectivity index is 4.91. The molecule has 0 rings (SSSR count). The van der Waals surface area contributed by atoms with Gasteiger partial charge in [0.05, 0.1) is 5.75 Å². The Morgan fingerprint density at radius 2 is 1.69 bits per heavy atom. The lowest BCUT2D eigenvalue weighted by molar-refractivity contribution is -0.159. The van der Waals surface area contributed by atoms with E-state index in [-0.39, 0.29) is 5.75 Å². The molecule has 0 aliphatic carbocycles. The van der Waals surface area contributed by atoms with Gasteiger partial charge in [-0.25, -0.2) is 9.59 Å². The summed E-state index contributed by atoms with van der Waals surface area (Å²) in [6, 6.07) is 0. The van der Waals surface area contributed by atoms with E-state index in [4.69, 9.17) is 15.9 Å². The van der Waals surface area contributed by atoms with Crippen molar-refractivity contribution in [2.24, 2.45) is 5.73 Å². The molecule has 0 aliphatic rings. The van der Waals surface area contributed by atoms with Crippen LogP contribution in [0.5, 0.6) is 0 Å². The molecule has 0 radical (unpaired) electrons. The van der Waals surface area contributed by atoms with Gasteiger partial charge in [0.2, 0.25) is 0 Å². The fraction of sp³-hybridized carbons (Fsp3) is 0.500. The van der Waals surface area contributed by atoms with E-state index in [0.717, 1.165) is 11.8 Å². The first kappa shape index (κ1) is 11.9. The number of carbonyl (C=O) groups is 3. The van der Waals surface area contributed by atoms with Gasteiger partial charge in [-0.05, 0) is 6.26 Å². The molecule has 74 valence electrons. The summed E-state index contributed by atoms with van der Waals surface area (Å²) in [6.07, 6.45) is 1.54. The number of carbonyl (C=O) groups excluding carboxylic acids is 1. The van der Waals surface area contributed by atoms with Crippen LogP contribution in [0.1, 0.15) is 0 Å². The van der Waals surface area contributed by atoms with Crippen molar-refractivity contribution in [3.8, 4) is 0 Å². The highest BCUT2D eigenvalue weighted by Gasteiger charge is 2.49. The Morgan fingerprint density at radius 3 is 1.92 bits per heavy atom. The molecule has 0 aromatic heterocycles. The molecule has 0 atom stereocenters. The average Bonchev–Trinajstić information content (AvgIpc) is 2.02. The zero-order valence-corrected chi connectivity index (χ0v) is 7.63. The molecule has 0 unspecified atom stereocenters. The summed E-state index contributed by atoms with van der Waals surface area (Å²) < 4.78 is 0. The van der Waals surface area contributed by atoms with Crippen molar-refractivity contribution in [2.45, 2.75) is 5.54 Å². The minimum absolute atomic E-state index is 0.241. The molecule has 0 aromatic carbocycles. The zero-order chi connectivity index (χ0) is 10.6. The van der Waals surface area contributed by atoms with Gasteiger partial charge in [0.25, 0.3) is 5.54 Å². The number of thioether (sulfide) groups is 1. The molecule has 0 heterocycles. The van der Waals surface area contributed by atoms with E-state index in [1.54, 1.807) is 6.26 Å². The van der Waals surface area contributed by atoms with E-state index in [1.165, 1.54) is 0 Å². The SMILES string of the molecule is CSCC(=O)C(N)(C(=O)O)C(=O)O. The third kappa shape index (κ3) is 2.19. The van der Waals surface area contributed by atoms with Gasteiger partial charge in [0.15, 0.2) is 5.78 Å². The first-order chi connectivity index (χ1) is 5.87. The van der Waals surface area contributed by atoms with E-state index in [0.29, 0.717) is 0 Å². The Bertz CT molecular complexity index is 237. The normalized spacial score (nSPS) is 10.9. The molecule has 0 aliphatic heterocycles. The maximum atomic E-state index is 11.0. The van der Waals surface area contributed by atoms with Crippen molar-refractivity contribution in [3.63, 3.8) is 0 Å². The highest BCUT2D eigenvalue weighted by Crippen LogP contribution is 2.07. The Labute approximate surface area is 78.1 Å². The van der Waals surface area contributed by atoms with E-state index in [9.17, 15) is 14.4 Å². The van der Waals surface area contributed by atoms with Crippen LogP contribution in [-0.2, 0) is 14.4 Å². The van der Waals surface area contributed by atoms with Crippen LogP contribution in [0.15, 0.2) is 0 Å². The van der Waals surface area contributed by atoms with Crippen molar-refractivity contribution < 1.29 is 24.6 Å². The molecule has 0 spiro atoms. The fourth-order valence-electron chi connectivity index (χ4n) is 0.575. The fourth-order valence-corrected chi connectivity index (χ4v) is 1.06. The standard InChI is InChI=1S/C6H9NO5S/c1-13-2-3(8)6(7,4(9)10)5(11)12/h2,7H2,1H3,(H,9,10)(H,11,12). The molecule has 0 saturated heterocycles. The molecule has 0 bridgehead atoms. The summed E-state index contributed by atoms with van der Waals surface area (Å²) in [7, 11) is 0. The number of ketones is 1. The zero-order valence-electron chi connectivity index (χ0n) is 6.81. The van der Waals surface area contributed by atoms with Crippen LogP contribution in [0.3, 0.4) is 0 Å². The van der Waals surface area contributed by atoms with Crippen molar-refractivity contribution in [3.05, 3.63) is 0 Å². The first-order valence-corrected chi connectivity index (χ1v) is 4.54. The second-order valence-corrected chi connectivity index (χ2v) is 3.14. The summed E-state index contributed by atoms with van der Waals surface area (Å²) in [5.74, 6) is -4.96. The van der Waals surface area contributed by atoms with Gasteiger partial charge in [-0.15, -0.1) is 0 Å². The third-order valence-corrected chi connectivity index (χ3v) is 1.94. The predicted molar refractivity (Wildman–Crippen MR) is 45.6 cm³/mol. The predicted octanol–water partition coefficient (Wildman–Crippen LogP) is -1.21. The second-order valence-electron chi connectivity index (χ2n) is 2.27. The van der Waals surface area contributed by atoms with E-state index in [1.807, 2.05) is 0 Å². The topological polar surface area (TPSA) is 118 Å². The van der Waals surface area contributed by atoms with Crippen LogP contribution in [0.25, 0.3) is 0 Å². The summed E-state index contributed by atoms with van der Waals surface area (Å²) in [4.78, 5) is 31.9. The molecule has 0 saturated carbocycles. The molecular weight excluding hydrogens is 198 g/mol. The van der Waals surface area contributed by atoms with Crippen LogP contribution in [0.2, 0.25) is 0 Å². The minimum Gasteiger partial charge on any atom is -0.479 e. The molecular formula is C6H9NO5S. The van der Waals surface area contributed by atoms with Gasteiger partial charge in [-0.2, -0.15) is 11.8 Å². The highest BCUT2D eigenvalue weighted by atomic mass is 32.2. The Hall–Kier alpha value is -1.08. The second kappa shape index (κ2) is 4.24. The van der Waals surface area contributed by atoms with Gasteiger partial charge in [-0.3, -0.25) is 4.79 Å². The van der Waals surface area contributed by atoms with Crippen molar-refractivity contribution in [1.82, 2.24) is 0 Å². The lowest BCUT2D eigenvalue weighted by Crippen LogP contribution is -2.61. The van der Waals surface area contributed by atoms with Crippen LogP contribution < -0.4 is 5.73 Å². The number of Topliss-reactive ketones (excluding diaryl/α,β-unsaturated/α-hetero) is 1. The molecule has 0 fully saturated rings. The van der Waals surface area contributed by atoms with Gasteiger partial charge in [-0.1, -0.05) is 0 Å². The molecule has 6 nitrogen and oxygen atoms in total. The summed E-state index contributed by atoms with van der Waals surface area (Å²) in [5, 5.41) is 16.9. The molecule has 0 amide bonds. The Morgan fingerprint density at radius 1 is 1.31 bits per heavy atom. The maximum Gasteiger partial charge on any atom is 0.343 e. The van der Waals surface area contributed by atoms with Crippen LogP contribution in [0.4, 0.5) is 0 Å². The molecule has 13 heavy (non-hydrogen) atoms. The smallest absolute Gasteiger partial charge is 0.343 e. The number of carboxylic acid groups (broad SMARTS) is 2. The summed E-state index contributed by atoms with van der Waals surface area (Å²) in [6.45, 7) is 0. The van der Waals surface area contributed by atoms with Crippen molar-refractivity contribution in [1.29, 1.82) is 0 Å². The van der Waals surface area contributed by atoms with E-state index >= 15 is 0 Å². The Kier molecular flexibility index (Phi) is 3.89. The number of nitrogens with two attached hydrogens (primary N) is 1. The molecule has 4 N–H and O–H groups in total. The average molecular weight is 207 g/mol. The first-order valence-electron chi connectivity index (χ1n) is 3.15. The third-order valence-electron chi connectivity index (χ3n) is 1.39. The van der Waals surface area contributed by atoms with Gasteiger partial charge in [0.1, 0.15) is 0 Å². The summed E-state index contributed by atoms with van der Waals surface area (Å²) in [5.41, 5.74) is 2.13. The van der Waals surface area contributed by atoms with Gasteiger partial charge < -0.3 is 15.9 Å². The minimum atomic E-state index is -2.82. The highest BCUT2D eigenvalue weighted by molar-refractivity contribution is 7.99. The van der Waals surface area contributed by atoms with Crippen LogP contribution in [0, 0.1) is 0 Å². The van der Waals surface area contributed by atoms with Crippen molar-refractivity contribution in [2.75, 3.05) is 12.0 Å². The van der Waals surface area contributed by atoms with Crippen molar-refractivity contribution >= 4 is 29.5 Å². The quantitative estimate of drug-likeness (QED) is 0.484. The van der Waals surface area contributed by atoms with E-state index < -0.39 is 23.3 Å². The lowest BCUT2D eigenvalue weighted by atomic mass is 9.97.